The van der Waals surface area contributed by atoms with Crippen molar-refractivity contribution in [3.8, 4) is 5.75 Å². The molecule has 1 amide bonds. The lowest BCUT2D eigenvalue weighted by Gasteiger charge is -2.09. The minimum atomic E-state index is -0.320. The SMILES string of the molecule is COc1ccc(F)cc1CCNC(=O)c1cccnc1.Cl. The molecule has 0 bridgehead atoms. The van der Waals surface area contributed by atoms with Gasteiger partial charge in [-0.2, -0.15) is 0 Å². The molecule has 0 fully saturated rings. The van der Waals surface area contributed by atoms with E-state index in [4.69, 9.17) is 4.74 Å². The molecule has 2 aromatic rings. The predicted molar refractivity (Wildman–Crippen MR) is 80.5 cm³/mol. The van der Waals surface area contributed by atoms with Crippen LogP contribution in [0.1, 0.15) is 15.9 Å². The zero-order chi connectivity index (χ0) is 14.4. The molecular weight excluding hydrogens is 295 g/mol. The van der Waals surface area contributed by atoms with E-state index in [9.17, 15) is 9.18 Å². The standard InChI is InChI=1S/C15H15FN2O2.ClH/c1-20-14-5-4-13(16)9-11(14)6-8-18-15(19)12-3-2-7-17-10-12;/h2-5,7,9-10H,6,8H2,1H3,(H,18,19);1H. The molecule has 2 rings (SSSR count). The summed E-state index contributed by atoms with van der Waals surface area (Å²) in [7, 11) is 1.53. The number of carbonyl (C=O) groups excluding carboxylic acids is 1. The molecule has 0 atom stereocenters. The number of carbonyl (C=O) groups is 1. The Morgan fingerprint density at radius 1 is 1.38 bits per heavy atom. The quantitative estimate of drug-likeness (QED) is 0.923. The maximum atomic E-state index is 13.2. The Bertz CT molecular complexity index is 593. The van der Waals surface area contributed by atoms with E-state index in [1.54, 1.807) is 24.4 Å². The first-order chi connectivity index (χ1) is 9.70. The Labute approximate surface area is 128 Å². The van der Waals surface area contributed by atoms with E-state index in [0.717, 1.165) is 5.56 Å². The second-order valence-corrected chi connectivity index (χ2v) is 4.20. The van der Waals surface area contributed by atoms with Gasteiger partial charge in [0.1, 0.15) is 11.6 Å². The summed E-state index contributed by atoms with van der Waals surface area (Å²) in [5, 5.41) is 2.76. The van der Waals surface area contributed by atoms with Crippen LogP contribution >= 0.6 is 12.4 Å². The number of pyridine rings is 1. The van der Waals surface area contributed by atoms with Gasteiger partial charge < -0.3 is 10.1 Å². The van der Waals surface area contributed by atoms with Crippen molar-refractivity contribution >= 4 is 18.3 Å². The molecule has 112 valence electrons. The van der Waals surface area contributed by atoms with Crippen molar-refractivity contribution in [3.63, 3.8) is 0 Å². The molecule has 0 aliphatic heterocycles. The summed E-state index contributed by atoms with van der Waals surface area (Å²) in [4.78, 5) is 15.7. The van der Waals surface area contributed by atoms with E-state index in [-0.39, 0.29) is 24.1 Å². The Morgan fingerprint density at radius 2 is 2.19 bits per heavy atom. The molecule has 0 saturated carbocycles. The summed E-state index contributed by atoms with van der Waals surface area (Å²) in [6.07, 6.45) is 3.60. The lowest BCUT2D eigenvalue weighted by Crippen LogP contribution is -2.25. The summed E-state index contributed by atoms with van der Waals surface area (Å²) < 4.78 is 18.3. The first-order valence-corrected chi connectivity index (χ1v) is 6.21. The highest BCUT2D eigenvalue weighted by Gasteiger charge is 2.07. The first-order valence-electron chi connectivity index (χ1n) is 6.21. The molecular formula is C15H16ClFN2O2. The number of ether oxygens (including phenoxy) is 1. The summed E-state index contributed by atoms with van der Waals surface area (Å²) in [5.74, 6) is 0.0925. The smallest absolute Gasteiger partial charge is 0.252 e. The molecule has 1 heterocycles. The van der Waals surface area contributed by atoms with E-state index in [0.29, 0.717) is 24.3 Å². The maximum Gasteiger partial charge on any atom is 0.252 e. The number of amides is 1. The van der Waals surface area contributed by atoms with E-state index in [1.807, 2.05) is 0 Å². The largest absolute Gasteiger partial charge is 0.496 e. The lowest BCUT2D eigenvalue weighted by atomic mass is 10.1. The number of nitrogens with one attached hydrogen (secondary N) is 1. The van der Waals surface area contributed by atoms with Crippen molar-refractivity contribution in [2.45, 2.75) is 6.42 Å². The molecule has 6 heteroatoms. The van der Waals surface area contributed by atoms with Crippen molar-refractivity contribution in [1.29, 1.82) is 0 Å². The normalized spacial score (nSPS) is 9.62. The van der Waals surface area contributed by atoms with Gasteiger partial charge in [0.15, 0.2) is 0 Å². The Morgan fingerprint density at radius 3 is 2.86 bits per heavy atom. The van der Waals surface area contributed by atoms with Gasteiger partial charge in [-0.15, -0.1) is 12.4 Å². The van der Waals surface area contributed by atoms with Crippen LogP contribution in [0.25, 0.3) is 0 Å². The monoisotopic (exact) mass is 310 g/mol. The molecule has 0 aliphatic carbocycles. The van der Waals surface area contributed by atoms with Gasteiger partial charge in [-0.3, -0.25) is 9.78 Å². The van der Waals surface area contributed by atoms with Gasteiger partial charge >= 0.3 is 0 Å². The van der Waals surface area contributed by atoms with Gasteiger partial charge in [-0.25, -0.2) is 4.39 Å². The number of methoxy groups -OCH3 is 1. The third-order valence-electron chi connectivity index (χ3n) is 2.85. The van der Waals surface area contributed by atoms with Crippen molar-refractivity contribution < 1.29 is 13.9 Å². The van der Waals surface area contributed by atoms with Gasteiger partial charge in [0.2, 0.25) is 0 Å². The highest BCUT2D eigenvalue weighted by Crippen LogP contribution is 2.19. The van der Waals surface area contributed by atoms with Crippen LogP contribution in [0.3, 0.4) is 0 Å². The molecule has 0 radical (unpaired) electrons. The van der Waals surface area contributed by atoms with Gasteiger partial charge in [0.25, 0.3) is 5.91 Å². The van der Waals surface area contributed by atoms with Crippen LogP contribution in [0.4, 0.5) is 4.39 Å². The molecule has 0 saturated heterocycles. The van der Waals surface area contributed by atoms with Crippen molar-refractivity contribution in [3.05, 3.63) is 59.7 Å². The first kappa shape index (κ1) is 16.9. The summed E-state index contributed by atoms with van der Waals surface area (Å²) in [6.45, 7) is 0.396. The number of hydrogen-bond donors (Lipinski definition) is 1. The van der Waals surface area contributed by atoms with Gasteiger partial charge in [-0.1, -0.05) is 0 Å². The third-order valence-corrected chi connectivity index (χ3v) is 2.85. The highest BCUT2D eigenvalue weighted by molar-refractivity contribution is 5.93. The van der Waals surface area contributed by atoms with E-state index in [2.05, 4.69) is 10.3 Å². The maximum absolute atomic E-state index is 13.2. The Balaban J connectivity index is 0.00000220. The Kier molecular flexibility index (Phi) is 6.62. The number of halogens is 2. The van der Waals surface area contributed by atoms with E-state index >= 15 is 0 Å². The third kappa shape index (κ3) is 4.72. The molecule has 1 aromatic heterocycles. The van der Waals surface area contributed by atoms with Crippen molar-refractivity contribution in [1.82, 2.24) is 10.3 Å². The second kappa shape index (κ2) is 8.21. The summed E-state index contributed by atoms with van der Waals surface area (Å²) >= 11 is 0. The number of nitrogens with zero attached hydrogens (tertiary/aromatic N) is 1. The van der Waals surface area contributed by atoms with Gasteiger partial charge in [0, 0.05) is 18.9 Å². The van der Waals surface area contributed by atoms with Crippen LogP contribution in [-0.4, -0.2) is 24.5 Å². The molecule has 21 heavy (non-hydrogen) atoms. The summed E-state index contributed by atoms with van der Waals surface area (Å²) in [5.41, 5.74) is 1.22. The molecule has 4 nitrogen and oxygen atoms in total. The van der Waals surface area contributed by atoms with Crippen LogP contribution in [0.5, 0.6) is 5.75 Å². The highest BCUT2D eigenvalue weighted by atomic mass is 35.5. The van der Waals surface area contributed by atoms with Crippen LogP contribution in [0.2, 0.25) is 0 Å². The zero-order valence-electron chi connectivity index (χ0n) is 11.5. The molecule has 0 aliphatic rings. The average molecular weight is 311 g/mol. The minimum Gasteiger partial charge on any atom is -0.496 e. The fraction of sp³-hybridized carbons (Fsp3) is 0.200. The molecule has 0 unspecified atom stereocenters. The van der Waals surface area contributed by atoms with E-state index in [1.165, 1.54) is 25.4 Å². The topological polar surface area (TPSA) is 51.2 Å². The lowest BCUT2D eigenvalue weighted by molar-refractivity contribution is 0.0953. The number of benzene rings is 1. The predicted octanol–water partition coefficient (Wildman–Crippen LogP) is 2.62. The van der Waals surface area contributed by atoms with Crippen LogP contribution in [0, 0.1) is 5.82 Å². The molecule has 0 spiro atoms. The average Bonchev–Trinajstić information content (AvgIpc) is 2.48. The van der Waals surface area contributed by atoms with Crippen LogP contribution in [0.15, 0.2) is 42.7 Å². The van der Waals surface area contributed by atoms with Crippen molar-refractivity contribution in [2.75, 3.05) is 13.7 Å². The molecule has 1 N–H and O–H groups in total. The number of rotatable bonds is 5. The fourth-order valence-electron chi connectivity index (χ4n) is 1.85. The zero-order valence-corrected chi connectivity index (χ0v) is 12.3. The number of hydrogen-bond acceptors (Lipinski definition) is 3. The minimum absolute atomic E-state index is 0. The molecule has 1 aromatic carbocycles. The second-order valence-electron chi connectivity index (χ2n) is 4.20. The fourth-order valence-corrected chi connectivity index (χ4v) is 1.85. The van der Waals surface area contributed by atoms with Crippen molar-refractivity contribution in [2.24, 2.45) is 0 Å². The van der Waals surface area contributed by atoms with Gasteiger partial charge in [-0.05, 0) is 42.3 Å². The van der Waals surface area contributed by atoms with Crippen LogP contribution < -0.4 is 10.1 Å². The number of aromatic nitrogens is 1. The van der Waals surface area contributed by atoms with Crippen LogP contribution in [-0.2, 0) is 6.42 Å². The Hall–Kier alpha value is -2.14. The van der Waals surface area contributed by atoms with E-state index < -0.39 is 0 Å². The van der Waals surface area contributed by atoms with Gasteiger partial charge in [0.05, 0.1) is 12.7 Å². The summed E-state index contributed by atoms with van der Waals surface area (Å²) in [6, 6.07) is 7.72.